The van der Waals surface area contributed by atoms with Gasteiger partial charge in [-0.05, 0) is 61.8 Å². The van der Waals surface area contributed by atoms with Crippen molar-refractivity contribution in [3.8, 4) is 0 Å². The van der Waals surface area contributed by atoms with E-state index in [-0.39, 0.29) is 18.5 Å². The van der Waals surface area contributed by atoms with Crippen LogP contribution in [0.2, 0.25) is 0 Å². The summed E-state index contributed by atoms with van der Waals surface area (Å²) >= 11 is 0. The van der Waals surface area contributed by atoms with Crippen molar-refractivity contribution >= 4 is 17.5 Å². The van der Waals surface area contributed by atoms with Crippen molar-refractivity contribution in [2.75, 3.05) is 31.5 Å². The van der Waals surface area contributed by atoms with E-state index in [0.29, 0.717) is 37.4 Å². The van der Waals surface area contributed by atoms with Gasteiger partial charge in [-0.15, -0.1) is 0 Å². The Bertz CT molecular complexity index is 748. The van der Waals surface area contributed by atoms with Crippen molar-refractivity contribution in [2.45, 2.75) is 44.3 Å². The van der Waals surface area contributed by atoms with Crippen LogP contribution in [0.1, 0.15) is 41.6 Å². The normalized spacial score (nSPS) is 17.7. The first-order valence-electron chi connectivity index (χ1n) is 10.0. The number of nitrogens with two attached hydrogens (primary N) is 1. The van der Waals surface area contributed by atoms with Gasteiger partial charge in [0.15, 0.2) is 0 Å². The Morgan fingerprint density at radius 1 is 1.28 bits per heavy atom. The summed E-state index contributed by atoms with van der Waals surface area (Å²) in [6, 6.07) is 5.52. The van der Waals surface area contributed by atoms with Crippen molar-refractivity contribution in [1.29, 1.82) is 0 Å². The molecule has 2 amide bonds. The lowest BCUT2D eigenvalue weighted by Crippen LogP contribution is -2.50. The molecule has 1 aromatic rings. The number of carbonyl (C=O) groups excluding carboxylic acids is 2. The van der Waals surface area contributed by atoms with E-state index >= 15 is 0 Å². The highest BCUT2D eigenvalue weighted by atomic mass is 19.4. The summed E-state index contributed by atoms with van der Waals surface area (Å²) in [5.74, 6) is -1.54. The van der Waals surface area contributed by atoms with Crippen LogP contribution >= 0.6 is 0 Å². The number of carbonyl (C=O) groups is 2. The fraction of sp³-hybridized carbons (Fsp3) is 0.600. The quantitative estimate of drug-likeness (QED) is 0.641. The Morgan fingerprint density at radius 2 is 2.03 bits per heavy atom. The van der Waals surface area contributed by atoms with Gasteiger partial charge in [-0.1, -0.05) is 0 Å². The SMILES string of the molecule is NC(CCNC(=O)C(F)(F)F)CCC1CN(C(=O)c2ccc3c(c2)CCCN3)C1. The number of alkyl halides is 3. The monoisotopic (exact) mass is 412 g/mol. The summed E-state index contributed by atoms with van der Waals surface area (Å²) in [4.78, 5) is 25.2. The molecule has 0 bridgehead atoms. The minimum Gasteiger partial charge on any atom is -0.385 e. The van der Waals surface area contributed by atoms with Gasteiger partial charge in [0, 0.05) is 43.5 Å². The van der Waals surface area contributed by atoms with Gasteiger partial charge in [0.1, 0.15) is 0 Å². The fourth-order valence-electron chi connectivity index (χ4n) is 3.77. The molecule has 0 saturated carbocycles. The summed E-state index contributed by atoms with van der Waals surface area (Å²) in [5.41, 5.74) is 8.93. The molecule has 160 valence electrons. The van der Waals surface area contributed by atoms with Crippen molar-refractivity contribution < 1.29 is 22.8 Å². The number of rotatable bonds is 7. The third kappa shape index (κ3) is 5.62. The minimum atomic E-state index is -4.86. The Labute approximate surface area is 168 Å². The topological polar surface area (TPSA) is 87.5 Å². The Balaban J connectivity index is 1.35. The first-order valence-corrected chi connectivity index (χ1v) is 10.0. The van der Waals surface area contributed by atoms with Crippen molar-refractivity contribution in [2.24, 2.45) is 11.7 Å². The molecule has 1 aromatic carbocycles. The third-order valence-corrected chi connectivity index (χ3v) is 5.54. The van der Waals surface area contributed by atoms with E-state index in [1.165, 1.54) is 5.56 Å². The number of hydrogen-bond donors (Lipinski definition) is 3. The van der Waals surface area contributed by atoms with E-state index < -0.39 is 12.1 Å². The lowest BCUT2D eigenvalue weighted by Gasteiger charge is -2.40. The zero-order valence-electron chi connectivity index (χ0n) is 16.2. The highest BCUT2D eigenvalue weighted by Gasteiger charge is 2.38. The predicted octanol–water partition coefficient (Wildman–Crippen LogP) is 2.29. The zero-order chi connectivity index (χ0) is 21.0. The van der Waals surface area contributed by atoms with Gasteiger partial charge in [0.25, 0.3) is 5.91 Å². The van der Waals surface area contributed by atoms with Crippen LogP contribution in [0.15, 0.2) is 18.2 Å². The lowest BCUT2D eigenvalue weighted by molar-refractivity contribution is -0.173. The number of benzene rings is 1. The number of aryl methyl sites for hydroxylation is 1. The third-order valence-electron chi connectivity index (χ3n) is 5.54. The van der Waals surface area contributed by atoms with Crippen LogP contribution in [0, 0.1) is 5.92 Å². The first-order chi connectivity index (χ1) is 13.7. The molecule has 2 aliphatic rings. The second kappa shape index (κ2) is 9.02. The van der Waals surface area contributed by atoms with E-state index in [2.05, 4.69) is 5.32 Å². The van der Waals surface area contributed by atoms with Gasteiger partial charge in [0.05, 0.1) is 0 Å². The Kier molecular flexibility index (Phi) is 6.66. The number of fused-ring (bicyclic) bond motifs is 1. The first kappa shape index (κ1) is 21.4. The molecule has 1 atom stereocenters. The largest absolute Gasteiger partial charge is 0.471 e. The Morgan fingerprint density at radius 3 is 2.76 bits per heavy atom. The highest BCUT2D eigenvalue weighted by molar-refractivity contribution is 5.95. The predicted molar refractivity (Wildman–Crippen MR) is 104 cm³/mol. The zero-order valence-corrected chi connectivity index (χ0v) is 16.2. The van der Waals surface area contributed by atoms with Crippen LogP contribution in [0.3, 0.4) is 0 Å². The minimum absolute atomic E-state index is 0.0359. The number of likely N-dealkylation sites (tertiary alicyclic amines) is 1. The molecular weight excluding hydrogens is 385 g/mol. The van der Waals surface area contributed by atoms with Gasteiger partial charge < -0.3 is 21.3 Å². The molecule has 0 aromatic heterocycles. The van der Waals surface area contributed by atoms with E-state index in [1.54, 1.807) is 0 Å². The molecule has 1 saturated heterocycles. The van der Waals surface area contributed by atoms with E-state index in [0.717, 1.165) is 31.5 Å². The van der Waals surface area contributed by atoms with Crippen LogP contribution in [0.5, 0.6) is 0 Å². The fourth-order valence-corrected chi connectivity index (χ4v) is 3.77. The van der Waals surface area contributed by atoms with Gasteiger partial charge in [-0.3, -0.25) is 9.59 Å². The maximum Gasteiger partial charge on any atom is 0.471 e. The summed E-state index contributed by atoms with van der Waals surface area (Å²) in [5, 5.41) is 5.16. The van der Waals surface area contributed by atoms with Crippen LogP contribution < -0.4 is 16.4 Å². The lowest BCUT2D eigenvalue weighted by atomic mass is 9.91. The number of nitrogens with zero attached hydrogens (tertiary/aromatic N) is 1. The second-order valence-electron chi connectivity index (χ2n) is 7.86. The van der Waals surface area contributed by atoms with Crippen LogP contribution in [-0.4, -0.2) is 55.1 Å². The number of anilines is 1. The summed E-state index contributed by atoms with van der Waals surface area (Å²) in [6.07, 6.45) is -1.06. The molecule has 1 unspecified atom stereocenters. The molecule has 0 spiro atoms. The molecule has 0 aliphatic carbocycles. The maximum atomic E-state index is 12.6. The van der Waals surface area contributed by atoms with E-state index in [1.807, 2.05) is 28.4 Å². The van der Waals surface area contributed by atoms with Gasteiger partial charge in [-0.2, -0.15) is 13.2 Å². The average molecular weight is 412 g/mol. The smallest absolute Gasteiger partial charge is 0.385 e. The van der Waals surface area contributed by atoms with Crippen LogP contribution in [0.4, 0.5) is 18.9 Å². The number of halogens is 3. The van der Waals surface area contributed by atoms with Crippen molar-refractivity contribution in [3.05, 3.63) is 29.3 Å². The second-order valence-corrected chi connectivity index (χ2v) is 7.86. The van der Waals surface area contributed by atoms with Gasteiger partial charge >= 0.3 is 12.1 Å². The molecule has 9 heteroatoms. The highest BCUT2D eigenvalue weighted by Crippen LogP contribution is 2.27. The molecule has 3 rings (SSSR count). The van der Waals surface area contributed by atoms with Crippen LogP contribution in [0.25, 0.3) is 0 Å². The van der Waals surface area contributed by atoms with Gasteiger partial charge in [-0.25, -0.2) is 0 Å². The summed E-state index contributed by atoms with van der Waals surface area (Å²) < 4.78 is 36.3. The summed E-state index contributed by atoms with van der Waals surface area (Å²) in [6.45, 7) is 2.21. The Hall–Kier alpha value is -2.29. The summed E-state index contributed by atoms with van der Waals surface area (Å²) in [7, 11) is 0. The standard InChI is InChI=1S/C20H27F3N4O2/c21-20(22,23)19(29)26-9-7-16(24)5-3-13-11-27(12-13)18(28)15-4-6-17-14(10-15)2-1-8-25-17/h4,6,10,13,16,25H,1-3,5,7-9,11-12,24H2,(H,26,29). The van der Waals surface area contributed by atoms with E-state index in [4.69, 9.17) is 5.73 Å². The van der Waals surface area contributed by atoms with Gasteiger partial charge in [0.2, 0.25) is 0 Å². The molecule has 29 heavy (non-hydrogen) atoms. The molecule has 1 fully saturated rings. The maximum absolute atomic E-state index is 12.6. The number of nitrogens with one attached hydrogen (secondary N) is 2. The number of hydrogen-bond acceptors (Lipinski definition) is 4. The molecule has 2 heterocycles. The molecule has 0 radical (unpaired) electrons. The molecular formula is C20H27F3N4O2. The van der Waals surface area contributed by atoms with E-state index in [9.17, 15) is 22.8 Å². The molecule has 4 N–H and O–H groups in total. The number of amides is 2. The molecule has 6 nitrogen and oxygen atoms in total. The average Bonchev–Trinajstić information content (AvgIpc) is 2.65. The molecule has 2 aliphatic heterocycles. The van der Waals surface area contributed by atoms with Crippen molar-refractivity contribution in [1.82, 2.24) is 10.2 Å². The van der Waals surface area contributed by atoms with Crippen molar-refractivity contribution in [3.63, 3.8) is 0 Å². The van der Waals surface area contributed by atoms with Crippen LogP contribution in [-0.2, 0) is 11.2 Å².